The molecule has 0 saturated carbocycles. The van der Waals surface area contributed by atoms with E-state index < -0.39 is 17.6 Å². The minimum Gasteiger partial charge on any atom is -0.310 e. The number of H-pyrrole nitrogens is 1. The summed E-state index contributed by atoms with van der Waals surface area (Å²) < 4.78 is 37.0. The van der Waals surface area contributed by atoms with Crippen molar-refractivity contribution in [1.29, 1.82) is 0 Å². The summed E-state index contributed by atoms with van der Waals surface area (Å²) in [5.74, 6) is 0. The van der Waals surface area contributed by atoms with Gasteiger partial charge in [0.05, 0.1) is 5.69 Å². The number of pyridine rings is 1. The van der Waals surface area contributed by atoms with Crippen LogP contribution in [0.3, 0.4) is 0 Å². The summed E-state index contributed by atoms with van der Waals surface area (Å²) in [6, 6.07) is 3.65. The van der Waals surface area contributed by atoms with Gasteiger partial charge in [-0.15, -0.1) is 0 Å². The van der Waals surface area contributed by atoms with E-state index in [4.69, 9.17) is 0 Å². The third-order valence-electron chi connectivity index (χ3n) is 2.23. The summed E-state index contributed by atoms with van der Waals surface area (Å²) in [6.45, 7) is 1.66. The van der Waals surface area contributed by atoms with Gasteiger partial charge >= 0.3 is 11.9 Å². The lowest BCUT2D eigenvalue weighted by atomic mass is 10.2. The van der Waals surface area contributed by atoms with Crippen LogP contribution in [0.25, 0.3) is 11.3 Å². The van der Waals surface area contributed by atoms with Gasteiger partial charge in [0, 0.05) is 17.5 Å². The highest BCUT2D eigenvalue weighted by molar-refractivity contribution is 5.57. The Kier molecular flexibility index (Phi) is 2.90. The SMILES string of the molecule is Cc1cc(-c2ccc(C(F)(F)F)nc2)nc(=O)[nH]1. The van der Waals surface area contributed by atoms with Crippen LogP contribution in [0.5, 0.6) is 0 Å². The molecule has 2 heterocycles. The summed E-state index contributed by atoms with van der Waals surface area (Å²) in [4.78, 5) is 20.6. The van der Waals surface area contributed by atoms with E-state index in [1.54, 1.807) is 13.0 Å². The number of alkyl halides is 3. The van der Waals surface area contributed by atoms with Gasteiger partial charge < -0.3 is 4.98 Å². The van der Waals surface area contributed by atoms with Gasteiger partial charge in [-0.05, 0) is 25.1 Å². The van der Waals surface area contributed by atoms with Crippen molar-refractivity contribution in [2.75, 3.05) is 0 Å². The van der Waals surface area contributed by atoms with Crippen LogP contribution in [0, 0.1) is 6.92 Å². The number of halogens is 3. The van der Waals surface area contributed by atoms with E-state index in [9.17, 15) is 18.0 Å². The fourth-order valence-electron chi connectivity index (χ4n) is 1.44. The molecule has 0 atom stereocenters. The highest BCUT2D eigenvalue weighted by Crippen LogP contribution is 2.28. The second-order valence-corrected chi connectivity index (χ2v) is 3.68. The largest absolute Gasteiger partial charge is 0.433 e. The maximum Gasteiger partial charge on any atom is 0.433 e. The van der Waals surface area contributed by atoms with Gasteiger partial charge in [-0.25, -0.2) is 4.79 Å². The second-order valence-electron chi connectivity index (χ2n) is 3.68. The molecule has 0 aliphatic rings. The minimum atomic E-state index is -4.48. The zero-order chi connectivity index (χ0) is 13.3. The van der Waals surface area contributed by atoms with E-state index in [-0.39, 0.29) is 5.69 Å². The Morgan fingerprint density at radius 3 is 2.50 bits per heavy atom. The van der Waals surface area contributed by atoms with E-state index in [0.717, 1.165) is 12.3 Å². The summed E-state index contributed by atoms with van der Waals surface area (Å²) in [6.07, 6.45) is -3.43. The van der Waals surface area contributed by atoms with Gasteiger partial charge in [0.2, 0.25) is 0 Å². The van der Waals surface area contributed by atoms with Crippen LogP contribution in [0.4, 0.5) is 13.2 Å². The third kappa shape index (κ3) is 2.55. The highest BCUT2D eigenvalue weighted by Gasteiger charge is 2.32. The van der Waals surface area contributed by atoms with Crippen molar-refractivity contribution in [3.05, 3.63) is 46.3 Å². The molecule has 0 radical (unpaired) electrons. The van der Waals surface area contributed by atoms with E-state index in [1.807, 2.05) is 0 Å². The standard InChI is InChI=1S/C11H8F3N3O/c1-6-4-8(17-10(18)16-6)7-2-3-9(15-5-7)11(12,13)14/h2-5H,1H3,(H,16,17,18). The van der Waals surface area contributed by atoms with Crippen molar-refractivity contribution in [3.63, 3.8) is 0 Å². The molecule has 0 spiro atoms. The maximum absolute atomic E-state index is 12.3. The first-order chi connectivity index (χ1) is 8.36. The Morgan fingerprint density at radius 1 is 1.28 bits per heavy atom. The van der Waals surface area contributed by atoms with Crippen LogP contribution in [0.15, 0.2) is 29.2 Å². The highest BCUT2D eigenvalue weighted by atomic mass is 19.4. The van der Waals surface area contributed by atoms with Crippen molar-refractivity contribution >= 4 is 0 Å². The molecule has 0 unspecified atom stereocenters. The summed E-state index contributed by atoms with van der Waals surface area (Å²) >= 11 is 0. The van der Waals surface area contributed by atoms with Crippen molar-refractivity contribution in [2.45, 2.75) is 13.1 Å². The van der Waals surface area contributed by atoms with Gasteiger partial charge in [-0.1, -0.05) is 0 Å². The zero-order valence-corrected chi connectivity index (χ0v) is 9.25. The van der Waals surface area contributed by atoms with Crippen LogP contribution in [0.2, 0.25) is 0 Å². The normalized spacial score (nSPS) is 11.6. The summed E-state index contributed by atoms with van der Waals surface area (Å²) in [5, 5.41) is 0. The molecule has 7 heteroatoms. The molecule has 4 nitrogen and oxygen atoms in total. The summed E-state index contributed by atoms with van der Waals surface area (Å²) in [7, 11) is 0. The molecule has 0 saturated heterocycles. The van der Waals surface area contributed by atoms with Crippen LogP contribution < -0.4 is 5.69 Å². The number of aromatic nitrogens is 3. The van der Waals surface area contributed by atoms with Crippen molar-refractivity contribution < 1.29 is 13.2 Å². The van der Waals surface area contributed by atoms with Gasteiger partial charge in [0.25, 0.3) is 0 Å². The van der Waals surface area contributed by atoms with Crippen LogP contribution in [-0.4, -0.2) is 15.0 Å². The first-order valence-electron chi connectivity index (χ1n) is 4.98. The van der Waals surface area contributed by atoms with Crippen LogP contribution >= 0.6 is 0 Å². The van der Waals surface area contributed by atoms with Crippen LogP contribution in [0.1, 0.15) is 11.4 Å². The molecule has 2 aromatic heterocycles. The molecule has 0 bridgehead atoms. The number of nitrogens with one attached hydrogen (secondary N) is 1. The first-order valence-corrected chi connectivity index (χ1v) is 4.98. The minimum absolute atomic E-state index is 0.289. The fourth-order valence-corrected chi connectivity index (χ4v) is 1.44. The van der Waals surface area contributed by atoms with Crippen molar-refractivity contribution in [3.8, 4) is 11.3 Å². The first kappa shape index (κ1) is 12.3. The average molecular weight is 255 g/mol. The average Bonchev–Trinajstić information content (AvgIpc) is 2.27. The van der Waals surface area contributed by atoms with Gasteiger partial charge in [0.15, 0.2) is 0 Å². The van der Waals surface area contributed by atoms with E-state index >= 15 is 0 Å². The van der Waals surface area contributed by atoms with E-state index in [2.05, 4.69) is 15.0 Å². The predicted octanol–water partition coefficient (Wildman–Crippen LogP) is 2.16. The van der Waals surface area contributed by atoms with Gasteiger partial charge in [0.1, 0.15) is 5.69 Å². The molecule has 2 rings (SSSR count). The molecule has 1 N–H and O–H groups in total. The molecule has 0 aliphatic heterocycles. The molecular weight excluding hydrogens is 247 g/mol. The molecule has 0 aliphatic carbocycles. The van der Waals surface area contributed by atoms with Gasteiger partial charge in [-0.2, -0.15) is 18.2 Å². The van der Waals surface area contributed by atoms with Crippen LogP contribution in [-0.2, 0) is 6.18 Å². The number of aryl methyl sites for hydroxylation is 1. The topological polar surface area (TPSA) is 58.6 Å². The van der Waals surface area contributed by atoms with Gasteiger partial charge in [-0.3, -0.25) is 4.98 Å². The number of aromatic amines is 1. The lowest BCUT2D eigenvalue weighted by Gasteiger charge is -2.06. The molecule has 0 fully saturated rings. The second kappa shape index (κ2) is 4.25. The Hall–Kier alpha value is -2.18. The number of hydrogen-bond acceptors (Lipinski definition) is 3. The van der Waals surface area contributed by atoms with Crippen molar-refractivity contribution in [1.82, 2.24) is 15.0 Å². The van der Waals surface area contributed by atoms with E-state index in [0.29, 0.717) is 11.3 Å². The van der Waals surface area contributed by atoms with Crippen molar-refractivity contribution in [2.24, 2.45) is 0 Å². The molecule has 0 amide bonds. The number of hydrogen-bond donors (Lipinski definition) is 1. The Labute approximate surface area is 99.5 Å². The van der Waals surface area contributed by atoms with E-state index in [1.165, 1.54) is 6.07 Å². The Morgan fingerprint density at radius 2 is 2.00 bits per heavy atom. The third-order valence-corrected chi connectivity index (χ3v) is 2.23. The Balaban J connectivity index is 2.43. The molecular formula is C11H8F3N3O. The maximum atomic E-state index is 12.3. The Bertz CT molecular complexity index is 617. The lowest BCUT2D eigenvalue weighted by Crippen LogP contribution is -2.12. The monoisotopic (exact) mass is 255 g/mol. The quantitative estimate of drug-likeness (QED) is 0.849. The zero-order valence-electron chi connectivity index (χ0n) is 9.25. The molecule has 0 aromatic carbocycles. The lowest BCUT2D eigenvalue weighted by molar-refractivity contribution is -0.141. The smallest absolute Gasteiger partial charge is 0.310 e. The fraction of sp³-hybridized carbons (Fsp3) is 0.182. The molecule has 18 heavy (non-hydrogen) atoms. The molecule has 2 aromatic rings. The summed E-state index contributed by atoms with van der Waals surface area (Å²) in [5.41, 5.74) is -0.308. The molecule has 94 valence electrons. The predicted molar refractivity (Wildman–Crippen MR) is 57.8 cm³/mol. The number of nitrogens with zero attached hydrogens (tertiary/aromatic N) is 2. The number of rotatable bonds is 1.